The van der Waals surface area contributed by atoms with Crippen LogP contribution in [0.5, 0.6) is 0 Å². The van der Waals surface area contributed by atoms with Gasteiger partial charge in [-0.15, -0.1) is 0 Å². The summed E-state index contributed by atoms with van der Waals surface area (Å²) in [6, 6.07) is 9.49. The number of amides is 1. The predicted octanol–water partition coefficient (Wildman–Crippen LogP) is 3.91. The van der Waals surface area contributed by atoms with Crippen LogP contribution in [0.4, 0.5) is 10.1 Å². The van der Waals surface area contributed by atoms with Gasteiger partial charge in [0.25, 0.3) is 15.9 Å². The van der Waals surface area contributed by atoms with Gasteiger partial charge in [-0.1, -0.05) is 11.6 Å². The summed E-state index contributed by atoms with van der Waals surface area (Å²) in [7, 11) is -3.91. The quantitative estimate of drug-likeness (QED) is 0.757. The molecule has 1 fully saturated rings. The van der Waals surface area contributed by atoms with Crippen molar-refractivity contribution in [1.82, 2.24) is 5.32 Å². The Hall–Kier alpha value is -1.77. The minimum atomic E-state index is -3.91. The summed E-state index contributed by atoms with van der Waals surface area (Å²) >= 11 is 7.53. The normalized spacial score (nSPS) is 15.3. The first-order valence-electron chi connectivity index (χ1n) is 8.32. The summed E-state index contributed by atoms with van der Waals surface area (Å²) < 4.78 is 40.3. The number of carbonyl (C=O) groups excluding carboxylic acids is 1. The molecule has 1 amide bonds. The zero-order valence-corrected chi connectivity index (χ0v) is 16.6. The Morgan fingerprint density at radius 2 is 1.78 bits per heavy atom. The second-order valence-electron chi connectivity index (χ2n) is 6.12. The van der Waals surface area contributed by atoms with Gasteiger partial charge in [0.2, 0.25) is 0 Å². The Morgan fingerprint density at radius 1 is 1.11 bits per heavy atom. The molecule has 0 unspecified atom stereocenters. The highest BCUT2D eigenvalue weighted by Crippen LogP contribution is 2.22. The largest absolute Gasteiger partial charge is 0.349 e. The van der Waals surface area contributed by atoms with Crippen molar-refractivity contribution >= 4 is 45.0 Å². The van der Waals surface area contributed by atoms with Gasteiger partial charge in [-0.05, 0) is 66.8 Å². The van der Waals surface area contributed by atoms with Gasteiger partial charge < -0.3 is 5.32 Å². The van der Waals surface area contributed by atoms with E-state index in [2.05, 4.69) is 10.0 Å². The van der Waals surface area contributed by atoms with Gasteiger partial charge in [-0.2, -0.15) is 11.8 Å². The zero-order chi connectivity index (χ0) is 19.4. The summed E-state index contributed by atoms with van der Waals surface area (Å²) in [5.41, 5.74) is 0.752. The van der Waals surface area contributed by atoms with Crippen molar-refractivity contribution in [3.8, 4) is 0 Å². The first-order chi connectivity index (χ1) is 12.8. The van der Waals surface area contributed by atoms with E-state index in [1.165, 1.54) is 12.1 Å². The van der Waals surface area contributed by atoms with E-state index in [-0.39, 0.29) is 21.9 Å². The van der Waals surface area contributed by atoms with Crippen LogP contribution in [0.2, 0.25) is 5.02 Å². The van der Waals surface area contributed by atoms with E-state index < -0.39 is 15.8 Å². The average Bonchev–Trinajstić information content (AvgIpc) is 2.65. The van der Waals surface area contributed by atoms with Gasteiger partial charge >= 0.3 is 0 Å². The molecule has 1 aliphatic rings. The van der Waals surface area contributed by atoms with Gasteiger partial charge in [-0.25, -0.2) is 12.8 Å². The molecule has 2 aromatic rings. The molecular weight excluding hydrogens is 411 g/mol. The number of sulfonamides is 1. The highest BCUT2D eigenvalue weighted by Gasteiger charge is 2.18. The standard InChI is InChI=1S/C18H18ClFN2O3S2/c19-16-11-15(5-6-17(16)20)27(24,25)22-14-3-1-12(2-4-14)18(23)21-13-7-9-26-10-8-13/h1-6,11,13,22H,7-10H2,(H,21,23). The van der Waals surface area contributed by atoms with E-state index >= 15 is 0 Å². The minimum Gasteiger partial charge on any atom is -0.349 e. The van der Waals surface area contributed by atoms with Gasteiger partial charge in [0.15, 0.2) is 0 Å². The van der Waals surface area contributed by atoms with Crippen LogP contribution >= 0.6 is 23.4 Å². The number of hydrogen-bond acceptors (Lipinski definition) is 4. The molecule has 0 aliphatic carbocycles. The second-order valence-corrected chi connectivity index (χ2v) is 9.43. The molecule has 2 aromatic carbocycles. The molecule has 0 bridgehead atoms. The number of carbonyl (C=O) groups is 1. The third kappa shape index (κ3) is 5.15. The van der Waals surface area contributed by atoms with E-state index in [1.54, 1.807) is 12.1 Å². The number of anilines is 1. The topological polar surface area (TPSA) is 75.3 Å². The average molecular weight is 429 g/mol. The zero-order valence-electron chi connectivity index (χ0n) is 14.2. The lowest BCUT2D eigenvalue weighted by Crippen LogP contribution is -2.37. The Balaban J connectivity index is 1.67. The molecule has 1 heterocycles. The maximum atomic E-state index is 13.2. The minimum absolute atomic E-state index is 0.147. The molecule has 0 spiro atoms. The van der Waals surface area contributed by atoms with Gasteiger partial charge in [0, 0.05) is 17.3 Å². The summed E-state index contributed by atoms with van der Waals surface area (Å²) in [5, 5.41) is 2.73. The number of hydrogen-bond donors (Lipinski definition) is 2. The smallest absolute Gasteiger partial charge is 0.261 e. The maximum Gasteiger partial charge on any atom is 0.261 e. The molecule has 0 atom stereocenters. The Labute approximate surface area is 166 Å². The van der Waals surface area contributed by atoms with Crippen LogP contribution < -0.4 is 10.0 Å². The van der Waals surface area contributed by atoms with Crippen LogP contribution in [0, 0.1) is 5.82 Å². The maximum absolute atomic E-state index is 13.2. The number of benzene rings is 2. The van der Waals surface area contributed by atoms with Crippen molar-refractivity contribution in [2.45, 2.75) is 23.8 Å². The SMILES string of the molecule is O=C(NC1CCSCC1)c1ccc(NS(=O)(=O)c2ccc(F)c(Cl)c2)cc1. The molecule has 0 radical (unpaired) electrons. The van der Waals surface area contributed by atoms with Crippen LogP contribution in [-0.4, -0.2) is 31.9 Å². The van der Waals surface area contributed by atoms with Gasteiger partial charge in [0.1, 0.15) is 5.82 Å². The summed E-state index contributed by atoms with van der Waals surface area (Å²) in [5.74, 6) is 1.21. The lowest BCUT2D eigenvalue weighted by Gasteiger charge is -2.22. The number of halogens is 2. The lowest BCUT2D eigenvalue weighted by molar-refractivity contribution is 0.0935. The van der Waals surface area contributed by atoms with Gasteiger partial charge in [-0.3, -0.25) is 9.52 Å². The van der Waals surface area contributed by atoms with Crippen LogP contribution in [0.25, 0.3) is 0 Å². The van der Waals surface area contributed by atoms with Crippen molar-refractivity contribution in [2.75, 3.05) is 16.2 Å². The molecule has 1 saturated heterocycles. The summed E-state index contributed by atoms with van der Waals surface area (Å²) in [4.78, 5) is 12.1. The molecule has 144 valence electrons. The van der Waals surface area contributed by atoms with Crippen LogP contribution in [0.1, 0.15) is 23.2 Å². The monoisotopic (exact) mass is 428 g/mol. The third-order valence-electron chi connectivity index (χ3n) is 4.16. The fourth-order valence-corrected chi connectivity index (χ4v) is 5.09. The molecule has 3 rings (SSSR count). The number of nitrogens with one attached hydrogen (secondary N) is 2. The van der Waals surface area contributed by atoms with Crippen LogP contribution in [0.3, 0.4) is 0 Å². The summed E-state index contributed by atoms with van der Waals surface area (Å²) in [6.45, 7) is 0. The van der Waals surface area contributed by atoms with E-state index in [0.29, 0.717) is 11.3 Å². The third-order valence-corrected chi connectivity index (χ3v) is 6.87. The van der Waals surface area contributed by atoms with Crippen molar-refractivity contribution in [3.05, 3.63) is 58.9 Å². The Morgan fingerprint density at radius 3 is 2.41 bits per heavy atom. The molecule has 1 aliphatic heterocycles. The van der Waals surface area contributed by atoms with E-state index in [9.17, 15) is 17.6 Å². The van der Waals surface area contributed by atoms with E-state index in [4.69, 9.17) is 11.6 Å². The molecule has 0 saturated carbocycles. The highest BCUT2D eigenvalue weighted by atomic mass is 35.5. The summed E-state index contributed by atoms with van der Waals surface area (Å²) in [6.07, 6.45) is 1.91. The molecule has 0 aromatic heterocycles. The van der Waals surface area contributed by atoms with Crippen LogP contribution in [0.15, 0.2) is 47.4 Å². The molecule has 9 heteroatoms. The highest BCUT2D eigenvalue weighted by molar-refractivity contribution is 7.99. The van der Waals surface area contributed by atoms with Crippen molar-refractivity contribution in [2.24, 2.45) is 0 Å². The van der Waals surface area contributed by atoms with Crippen LogP contribution in [-0.2, 0) is 10.0 Å². The van der Waals surface area contributed by atoms with Crippen molar-refractivity contribution in [3.63, 3.8) is 0 Å². The van der Waals surface area contributed by atoms with Crippen molar-refractivity contribution in [1.29, 1.82) is 0 Å². The van der Waals surface area contributed by atoms with Gasteiger partial charge in [0.05, 0.1) is 9.92 Å². The molecule has 27 heavy (non-hydrogen) atoms. The number of thioether (sulfide) groups is 1. The second kappa shape index (κ2) is 8.50. The fourth-order valence-electron chi connectivity index (χ4n) is 2.66. The molecule has 5 nitrogen and oxygen atoms in total. The predicted molar refractivity (Wildman–Crippen MR) is 106 cm³/mol. The number of rotatable bonds is 5. The van der Waals surface area contributed by atoms with Crippen molar-refractivity contribution < 1.29 is 17.6 Å². The first kappa shape index (κ1) is 20.0. The molecular formula is C18H18ClFN2O3S2. The lowest BCUT2D eigenvalue weighted by atomic mass is 10.1. The Kier molecular flexibility index (Phi) is 6.29. The first-order valence-corrected chi connectivity index (χ1v) is 11.3. The Bertz CT molecular complexity index is 930. The van der Waals surface area contributed by atoms with E-state index in [0.717, 1.165) is 42.5 Å². The molecule has 2 N–H and O–H groups in total. The fraction of sp³-hybridized carbons (Fsp3) is 0.278. The van der Waals surface area contributed by atoms with E-state index in [1.807, 2.05) is 11.8 Å².